The van der Waals surface area contributed by atoms with Gasteiger partial charge in [0.2, 0.25) is 5.91 Å². The van der Waals surface area contributed by atoms with Gasteiger partial charge in [-0.05, 0) is 55.5 Å². The van der Waals surface area contributed by atoms with Crippen LogP contribution in [0.3, 0.4) is 0 Å². The first-order valence-corrected chi connectivity index (χ1v) is 11.2. The molecule has 0 radical (unpaired) electrons. The summed E-state index contributed by atoms with van der Waals surface area (Å²) in [5.74, 6) is 0.876. The lowest BCUT2D eigenvalue weighted by Crippen LogP contribution is -2.39. The third-order valence-electron chi connectivity index (χ3n) is 5.18. The van der Waals surface area contributed by atoms with E-state index in [-0.39, 0.29) is 11.8 Å². The van der Waals surface area contributed by atoms with E-state index < -0.39 is 0 Å². The molecule has 1 saturated heterocycles. The van der Waals surface area contributed by atoms with E-state index >= 15 is 0 Å². The Morgan fingerprint density at radius 2 is 2.10 bits per heavy atom. The Labute approximate surface area is 186 Å². The van der Waals surface area contributed by atoms with Crippen LogP contribution >= 0.6 is 22.9 Å². The molecule has 3 rings (SSSR count). The predicted molar refractivity (Wildman–Crippen MR) is 120 cm³/mol. The molecule has 1 N–H and O–H groups in total. The van der Waals surface area contributed by atoms with E-state index in [0.29, 0.717) is 41.9 Å². The summed E-state index contributed by atoms with van der Waals surface area (Å²) in [4.78, 5) is 29.0. The van der Waals surface area contributed by atoms with Crippen LogP contribution in [0, 0.1) is 5.92 Å². The number of hydrogen-bond donors (Lipinski definition) is 1. The molecule has 0 unspecified atom stereocenters. The number of rotatable bonds is 8. The minimum absolute atomic E-state index is 0.0696. The summed E-state index contributed by atoms with van der Waals surface area (Å²) in [5.41, 5.74) is 0.569. The summed E-state index contributed by atoms with van der Waals surface area (Å²) in [5, 5.41) is 3.41. The third kappa shape index (κ3) is 5.97. The summed E-state index contributed by atoms with van der Waals surface area (Å²) in [6.45, 7) is 1.97. The average Bonchev–Trinajstić information content (AvgIpc) is 3.21. The Hall–Kier alpha value is -2.09. The first kappa shape index (κ1) is 22.6. The summed E-state index contributed by atoms with van der Waals surface area (Å²) < 4.78 is 10.4. The van der Waals surface area contributed by atoms with E-state index in [0.717, 1.165) is 35.6 Å². The van der Waals surface area contributed by atoms with Crippen LogP contribution in [-0.2, 0) is 16.1 Å². The molecule has 1 aliphatic heterocycles. The molecule has 0 aliphatic carbocycles. The van der Waals surface area contributed by atoms with Gasteiger partial charge < -0.3 is 19.7 Å². The van der Waals surface area contributed by atoms with Crippen molar-refractivity contribution in [2.24, 2.45) is 5.92 Å². The SMILES string of the molecule is COCc1ccc(C(=O)N2CCC[C@@H](CCC(=O)Nc3cc(Cl)ccc3OC)C2)s1. The zero-order valence-electron chi connectivity index (χ0n) is 17.3. The lowest BCUT2D eigenvalue weighted by atomic mass is 9.93. The monoisotopic (exact) mass is 450 g/mol. The van der Waals surface area contributed by atoms with Gasteiger partial charge in [0.25, 0.3) is 5.91 Å². The number of carbonyl (C=O) groups excluding carboxylic acids is 2. The maximum absolute atomic E-state index is 12.8. The molecule has 1 atom stereocenters. The van der Waals surface area contributed by atoms with E-state index in [1.54, 1.807) is 32.4 Å². The highest BCUT2D eigenvalue weighted by molar-refractivity contribution is 7.14. The molecule has 30 heavy (non-hydrogen) atoms. The lowest BCUT2D eigenvalue weighted by molar-refractivity contribution is -0.116. The number of thiophene rings is 1. The molecule has 2 amide bonds. The van der Waals surface area contributed by atoms with Crippen molar-refractivity contribution in [3.8, 4) is 5.75 Å². The number of likely N-dealkylation sites (tertiary alicyclic amines) is 1. The van der Waals surface area contributed by atoms with Gasteiger partial charge in [-0.25, -0.2) is 0 Å². The van der Waals surface area contributed by atoms with Crippen molar-refractivity contribution in [2.45, 2.75) is 32.3 Å². The summed E-state index contributed by atoms with van der Waals surface area (Å²) in [7, 11) is 3.20. The first-order valence-electron chi connectivity index (χ1n) is 10.0. The first-order chi connectivity index (χ1) is 14.5. The molecular weight excluding hydrogens is 424 g/mol. The Kier molecular flexibility index (Phi) is 8.13. The van der Waals surface area contributed by atoms with Gasteiger partial charge in [-0.1, -0.05) is 11.6 Å². The molecule has 162 valence electrons. The summed E-state index contributed by atoms with van der Waals surface area (Å²) in [6, 6.07) is 8.94. The molecule has 2 heterocycles. The van der Waals surface area contributed by atoms with Gasteiger partial charge in [0.1, 0.15) is 5.75 Å². The highest BCUT2D eigenvalue weighted by Gasteiger charge is 2.26. The Balaban J connectivity index is 1.51. The molecule has 0 saturated carbocycles. The van der Waals surface area contributed by atoms with Gasteiger partial charge in [0.15, 0.2) is 0 Å². The minimum Gasteiger partial charge on any atom is -0.495 e. The van der Waals surface area contributed by atoms with E-state index in [1.165, 1.54) is 11.3 Å². The van der Waals surface area contributed by atoms with E-state index in [2.05, 4.69) is 5.32 Å². The quantitative estimate of drug-likeness (QED) is 0.625. The van der Waals surface area contributed by atoms with Crippen LogP contribution < -0.4 is 10.1 Å². The number of piperidine rings is 1. The van der Waals surface area contributed by atoms with Crippen LogP contribution in [0.5, 0.6) is 5.75 Å². The normalized spacial score (nSPS) is 16.4. The second kappa shape index (κ2) is 10.8. The van der Waals surface area contributed by atoms with Crippen molar-refractivity contribution in [1.82, 2.24) is 4.90 Å². The molecule has 1 aliphatic rings. The molecule has 8 heteroatoms. The number of amides is 2. The fourth-order valence-corrected chi connectivity index (χ4v) is 4.80. The van der Waals surface area contributed by atoms with E-state index in [4.69, 9.17) is 21.1 Å². The second-order valence-electron chi connectivity index (χ2n) is 7.39. The molecule has 1 aromatic carbocycles. The van der Waals surface area contributed by atoms with Crippen molar-refractivity contribution in [3.63, 3.8) is 0 Å². The van der Waals surface area contributed by atoms with Crippen molar-refractivity contribution >= 4 is 40.4 Å². The number of ether oxygens (including phenoxy) is 2. The molecule has 0 bridgehead atoms. The highest BCUT2D eigenvalue weighted by atomic mass is 35.5. The van der Waals surface area contributed by atoms with Gasteiger partial charge in [-0.2, -0.15) is 0 Å². The smallest absolute Gasteiger partial charge is 0.263 e. The average molecular weight is 451 g/mol. The van der Waals surface area contributed by atoms with Crippen LogP contribution in [-0.4, -0.2) is 44.0 Å². The van der Waals surface area contributed by atoms with Crippen molar-refractivity contribution in [1.29, 1.82) is 0 Å². The van der Waals surface area contributed by atoms with Gasteiger partial charge in [0.05, 0.1) is 24.3 Å². The van der Waals surface area contributed by atoms with E-state index in [9.17, 15) is 9.59 Å². The van der Waals surface area contributed by atoms with Crippen LogP contribution in [0.25, 0.3) is 0 Å². The lowest BCUT2D eigenvalue weighted by Gasteiger charge is -2.32. The highest BCUT2D eigenvalue weighted by Crippen LogP contribution is 2.29. The second-order valence-corrected chi connectivity index (χ2v) is 8.99. The standard InChI is InChI=1S/C22H27ClN2O4S/c1-28-14-17-7-9-20(30-17)22(27)25-11-3-4-15(13-25)5-10-21(26)24-18-12-16(23)6-8-19(18)29-2/h6-9,12,15H,3-5,10-11,13-14H2,1-2H3,(H,24,26)/t15-/m0/s1. The number of benzene rings is 1. The van der Waals surface area contributed by atoms with Crippen molar-refractivity contribution < 1.29 is 19.1 Å². The van der Waals surface area contributed by atoms with Crippen LogP contribution in [0.15, 0.2) is 30.3 Å². The minimum atomic E-state index is -0.0820. The molecule has 0 spiro atoms. The van der Waals surface area contributed by atoms with Gasteiger partial charge in [-0.3, -0.25) is 9.59 Å². The fraction of sp³-hybridized carbons (Fsp3) is 0.455. The predicted octanol–water partition coefficient (Wildman–Crippen LogP) is 4.83. The number of anilines is 1. The number of nitrogens with one attached hydrogen (secondary N) is 1. The van der Waals surface area contributed by atoms with Gasteiger partial charge in [0, 0.05) is 36.5 Å². The maximum atomic E-state index is 12.8. The molecule has 1 aromatic heterocycles. The Morgan fingerprint density at radius 3 is 2.87 bits per heavy atom. The Morgan fingerprint density at radius 1 is 1.27 bits per heavy atom. The number of nitrogens with zero attached hydrogens (tertiary/aromatic N) is 1. The number of halogens is 1. The largest absolute Gasteiger partial charge is 0.495 e. The van der Waals surface area contributed by atoms with Crippen LogP contribution in [0.1, 0.15) is 40.2 Å². The van der Waals surface area contributed by atoms with Crippen LogP contribution in [0.4, 0.5) is 5.69 Å². The zero-order valence-corrected chi connectivity index (χ0v) is 18.9. The molecule has 1 fully saturated rings. The maximum Gasteiger partial charge on any atom is 0.263 e. The van der Waals surface area contributed by atoms with Crippen molar-refractivity contribution in [3.05, 3.63) is 45.1 Å². The zero-order chi connectivity index (χ0) is 21.5. The van der Waals surface area contributed by atoms with Crippen molar-refractivity contribution in [2.75, 3.05) is 32.6 Å². The van der Waals surface area contributed by atoms with Crippen LogP contribution in [0.2, 0.25) is 5.02 Å². The molecule has 2 aromatic rings. The summed E-state index contributed by atoms with van der Waals surface area (Å²) >= 11 is 7.50. The third-order valence-corrected chi connectivity index (χ3v) is 6.46. The topological polar surface area (TPSA) is 67.9 Å². The number of methoxy groups -OCH3 is 2. The summed E-state index contributed by atoms with van der Waals surface area (Å²) in [6.07, 6.45) is 3.10. The molecule has 6 nitrogen and oxygen atoms in total. The molecular formula is C22H27ClN2O4S. The number of carbonyl (C=O) groups is 2. The van der Waals surface area contributed by atoms with Gasteiger partial charge in [-0.15, -0.1) is 11.3 Å². The van der Waals surface area contributed by atoms with E-state index in [1.807, 2.05) is 17.0 Å². The Bertz CT molecular complexity index is 886. The number of hydrogen-bond acceptors (Lipinski definition) is 5. The van der Waals surface area contributed by atoms with Gasteiger partial charge >= 0.3 is 0 Å². The fourth-order valence-electron chi connectivity index (χ4n) is 3.68.